The Kier molecular flexibility index (Phi) is 8.86. The summed E-state index contributed by atoms with van der Waals surface area (Å²) in [5.74, 6) is 0.583. The zero-order chi connectivity index (χ0) is 25.5. The summed E-state index contributed by atoms with van der Waals surface area (Å²) >= 11 is 6.35. The first kappa shape index (κ1) is 26.0. The van der Waals surface area contributed by atoms with Gasteiger partial charge < -0.3 is 20.1 Å². The fraction of sp³-hybridized carbons (Fsp3) is 0.464. The zero-order valence-corrected chi connectivity index (χ0v) is 21.3. The van der Waals surface area contributed by atoms with Crippen LogP contribution in [0.25, 0.3) is 0 Å². The highest BCUT2D eigenvalue weighted by molar-refractivity contribution is 6.34. The Morgan fingerprint density at radius 2 is 1.56 bits per heavy atom. The number of rotatable bonds is 10. The average Bonchev–Trinajstić information content (AvgIpc) is 3.73. The number of carbonyl (C=O) groups is 3. The van der Waals surface area contributed by atoms with E-state index in [-0.39, 0.29) is 36.4 Å². The largest absolute Gasteiger partial charge is 0.490 e. The molecule has 2 saturated carbocycles. The number of benzene rings is 2. The Hall–Kier alpha value is -3.06. The standard InChI is InChI=1S/C28H33ClN2O5/c1-2-35-28(34)21-9-11-22(12-10-21)36-23-13-14-24(25(29)17-23)27(33)31-16-15-30-26(32)20-7-5-19(6-8-20)18-3-4-18/h5-8,13-14,17-18,21-22H,2-4,9-12,15-16H2,1H3,(H,30,32)(H,31,33)/t21-,22+. The molecule has 2 aromatic carbocycles. The van der Waals surface area contributed by atoms with Crippen LogP contribution in [0.4, 0.5) is 0 Å². The van der Waals surface area contributed by atoms with Gasteiger partial charge in [-0.1, -0.05) is 23.7 Å². The van der Waals surface area contributed by atoms with Crippen molar-refractivity contribution in [1.29, 1.82) is 0 Å². The van der Waals surface area contributed by atoms with Gasteiger partial charge in [0.1, 0.15) is 5.75 Å². The Morgan fingerprint density at radius 3 is 2.17 bits per heavy atom. The molecule has 0 heterocycles. The summed E-state index contributed by atoms with van der Waals surface area (Å²) in [7, 11) is 0. The molecular weight excluding hydrogens is 480 g/mol. The molecule has 0 unspecified atom stereocenters. The number of halogens is 1. The average molecular weight is 513 g/mol. The number of hydrogen-bond acceptors (Lipinski definition) is 5. The molecule has 2 amide bonds. The molecule has 0 radical (unpaired) electrons. The quantitative estimate of drug-likeness (QED) is 0.349. The van der Waals surface area contributed by atoms with Crippen LogP contribution >= 0.6 is 11.6 Å². The minimum Gasteiger partial charge on any atom is -0.490 e. The molecule has 0 spiro atoms. The van der Waals surface area contributed by atoms with Crippen LogP contribution in [-0.4, -0.2) is 43.6 Å². The van der Waals surface area contributed by atoms with E-state index in [9.17, 15) is 14.4 Å². The van der Waals surface area contributed by atoms with Gasteiger partial charge >= 0.3 is 5.97 Å². The minimum atomic E-state index is -0.315. The molecular formula is C28H33ClN2O5. The van der Waals surface area contributed by atoms with Crippen LogP contribution in [0.15, 0.2) is 42.5 Å². The van der Waals surface area contributed by atoms with E-state index in [2.05, 4.69) is 10.6 Å². The molecule has 0 saturated heterocycles. The SMILES string of the molecule is CCOC(=O)[C@H]1CC[C@@H](Oc2ccc(C(=O)NCCNC(=O)c3ccc(C4CC4)cc3)c(Cl)c2)CC1. The highest BCUT2D eigenvalue weighted by Gasteiger charge is 2.28. The van der Waals surface area contributed by atoms with Gasteiger partial charge in [0.2, 0.25) is 0 Å². The highest BCUT2D eigenvalue weighted by Crippen LogP contribution is 2.39. The topological polar surface area (TPSA) is 93.7 Å². The van der Waals surface area contributed by atoms with Gasteiger partial charge in [-0.2, -0.15) is 0 Å². The maximum atomic E-state index is 12.5. The molecule has 2 aliphatic rings. The molecule has 0 aliphatic heterocycles. The maximum Gasteiger partial charge on any atom is 0.308 e. The van der Waals surface area contributed by atoms with Crippen LogP contribution in [0.1, 0.15) is 77.6 Å². The van der Waals surface area contributed by atoms with Gasteiger partial charge in [-0.15, -0.1) is 0 Å². The molecule has 0 atom stereocenters. The number of amides is 2. The van der Waals surface area contributed by atoms with Crippen LogP contribution in [0.5, 0.6) is 5.75 Å². The van der Waals surface area contributed by atoms with E-state index >= 15 is 0 Å². The molecule has 4 rings (SSSR count). The molecule has 2 N–H and O–H groups in total. The lowest BCUT2D eigenvalue weighted by Gasteiger charge is -2.27. The van der Waals surface area contributed by atoms with E-state index in [1.165, 1.54) is 18.4 Å². The maximum absolute atomic E-state index is 12.5. The molecule has 2 fully saturated rings. The van der Waals surface area contributed by atoms with E-state index in [1.807, 2.05) is 31.2 Å². The van der Waals surface area contributed by atoms with Crippen molar-refractivity contribution in [3.63, 3.8) is 0 Å². The summed E-state index contributed by atoms with van der Waals surface area (Å²) in [5.41, 5.74) is 2.24. The van der Waals surface area contributed by atoms with E-state index < -0.39 is 0 Å². The van der Waals surface area contributed by atoms with Crippen molar-refractivity contribution < 1.29 is 23.9 Å². The van der Waals surface area contributed by atoms with E-state index in [0.717, 1.165) is 25.7 Å². The third-order valence-corrected chi connectivity index (χ3v) is 7.01. The van der Waals surface area contributed by atoms with Gasteiger partial charge in [-0.05, 0) is 87.3 Å². The van der Waals surface area contributed by atoms with Gasteiger partial charge in [0, 0.05) is 18.7 Å². The van der Waals surface area contributed by atoms with Gasteiger partial charge in [-0.25, -0.2) is 0 Å². The predicted molar refractivity (Wildman–Crippen MR) is 138 cm³/mol. The Balaban J connectivity index is 1.18. The number of hydrogen-bond donors (Lipinski definition) is 2. The van der Waals surface area contributed by atoms with Crippen molar-refractivity contribution in [2.75, 3.05) is 19.7 Å². The van der Waals surface area contributed by atoms with Gasteiger partial charge in [0.25, 0.3) is 11.8 Å². The molecule has 192 valence electrons. The molecule has 2 aromatic rings. The molecule has 2 aliphatic carbocycles. The van der Waals surface area contributed by atoms with Crippen LogP contribution in [0.2, 0.25) is 5.02 Å². The lowest BCUT2D eigenvalue weighted by atomic mass is 9.87. The van der Waals surface area contributed by atoms with Crippen molar-refractivity contribution in [2.24, 2.45) is 5.92 Å². The second-order valence-corrected chi connectivity index (χ2v) is 9.80. The first-order chi connectivity index (χ1) is 17.4. The monoisotopic (exact) mass is 512 g/mol. The number of esters is 1. The summed E-state index contributed by atoms with van der Waals surface area (Å²) in [4.78, 5) is 36.8. The molecule has 8 heteroatoms. The Bertz CT molecular complexity index is 1080. The van der Waals surface area contributed by atoms with Crippen molar-refractivity contribution in [3.05, 3.63) is 64.2 Å². The highest BCUT2D eigenvalue weighted by atomic mass is 35.5. The first-order valence-corrected chi connectivity index (χ1v) is 13.1. The smallest absolute Gasteiger partial charge is 0.308 e. The number of nitrogens with one attached hydrogen (secondary N) is 2. The van der Waals surface area contributed by atoms with Crippen molar-refractivity contribution in [3.8, 4) is 5.75 Å². The number of ether oxygens (including phenoxy) is 2. The van der Waals surface area contributed by atoms with Gasteiger partial charge in [-0.3, -0.25) is 14.4 Å². The van der Waals surface area contributed by atoms with E-state index in [1.54, 1.807) is 18.2 Å². The fourth-order valence-electron chi connectivity index (χ4n) is 4.49. The Labute approximate surface area is 216 Å². The van der Waals surface area contributed by atoms with Crippen molar-refractivity contribution in [2.45, 2.75) is 57.5 Å². The summed E-state index contributed by atoms with van der Waals surface area (Å²) in [6.45, 7) is 2.80. The minimum absolute atomic E-state index is 0.0000548. The zero-order valence-electron chi connectivity index (χ0n) is 20.6. The lowest BCUT2D eigenvalue weighted by Crippen LogP contribution is -2.34. The molecule has 7 nitrogen and oxygen atoms in total. The van der Waals surface area contributed by atoms with Crippen LogP contribution in [-0.2, 0) is 9.53 Å². The van der Waals surface area contributed by atoms with E-state index in [0.29, 0.717) is 41.0 Å². The van der Waals surface area contributed by atoms with Crippen molar-refractivity contribution in [1.82, 2.24) is 10.6 Å². The van der Waals surface area contributed by atoms with Gasteiger partial charge in [0.05, 0.1) is 29.2 Å². The second kappa shape index (κ2) is 12.3. The molecule has 0 bridgehead atoms. The normalized spacial score (nSPS) is 19.3. The first-order valence-electron chi connectivity index (χ1n) is 12.7. The van der Waals surface area contributed by atoms with Crippen molar-refractivity contribution >= 4 is 29.4 Å². The van der Waals surface area contributed by atoms with Crippen LogP contribution in [0.3, 0.4) is 0 Å². The fourth-order valence-corrected chi connectivity index (χ4v) is 4.75. The van der Waals surface area contributed by atoms with Gasteiger partial charge in [0.15, 0.2) is 0 Å². The number of carbonyl (C=O) groups excluding carboxylic acids is 3. The van der Waals surface area contributed by atoms with Crippen LogP contribution < -0.4 is 15.4 Å². The van der Waals surface area contributed by atoms with E-state index in [4.69, 9.17) is 21.1 Å². The summed E-state index contributed by atoms with van der Waals surface area (Å²) in [6, 6.07) is 12.7. The molecule has 36 heavy (non-hydrogen) atoms. The molecule has 0 aromatic heterocycles. The third-order valence-electron chi connectivity index (χ3n) is 6.70. The summed E-state index contributed by atoms with van der Waals surface area (Å²) in [5, 5.41) is 5.90. The summed E-state index contributed by atoms with van der Waals surface area (Å²) in [6.07, 6.45) is 5.45. The lowest BCUT2D eigenvalue weighted by molar-refractivity contribution is -0.149. The predicted octanol–water partition coefficient (Wildman–Crippen LogP) is 4.88. The van der Waals surface area contributed by atoms with Crippen LogP contribution in [0, 0.1) is 5.92 Å². The summed E-state index contributed by atoms with van der Waals surface area (Å²) < 4.78 is 11.1. The Morgan fingerprint density at radius 1 is 0.889 bits per heavy atom. The second-order valence-electron chi connectivity index (χ2n) is 9.39. The third kappa shape index (κ3) is 7.00.